The van der Waals surface area contributed by atoms with E-state index in [0.717, 1.165) is 11.0 Å². The molecule has 1 aromatic rings. The largest absolute Gasteiger partial charge is 0.230 e. The zero-order chi connectivity index (χ0) is 5.82. The molecule has 2 nitrogen and oxygen atoms in total. The van der Waals surface area contributed by atoms with Crippen LogP contribution in [-0.4, -0.2) is 9.97 Å². The van der Waals surface area contributed by atoms with Crippen molar-refractivity contribution in [1.82, 2.24) is 9.97 Å². The number of halogens is 1. The van der Waals surface area contributed by atoms with Crippen LogP contribution in [0.15, 0.2) is 23.6 Å². The number of hydrogen-bond acceptors (Lipinski definition) is 3. The molecule has 0 atom stereocenters. The van der Waals surface area contributed by atoms with E-state index < -0.39 is 0 Å². The van der Waals surface area contributed by atoms with Gasteiger partial charge in [0.25, 0.3) is 0 Å². The molecular weight excluding hydrogens is 144 g/mol. The highest BCUT2D eigenvalue weighted by atomic mass is 35.7. The SMILES string of the molecule is ClSc1ncccn1. The van der Waals surface area contributed by atoms with Gasteiger partial charge in [-0.1, -0.05) is 0 Å². The monoisotopic (exact) mass is 146 g/mol. The van der Waals surface area contributed by atoms with Crippen LogP contribution in [0.1, 0.15) is 0 Å². The molecule has 0 N–H and O–H groups in total. The highest BCUT2D eigenvalue weighted by Gasteiger charge is 1.86. The first-order chi connectivity index (χ1) is 3.93. The Bertz CT molecular complexity index is 155. The minimum absolute atomic E-state index is 0.592. The molecule has 0 amide bonds. The van der Waals surface area contributed by atoms with Crippen LogP contribution >= 0.6 is 21.7 Å². The second kappa shape index (κ2) is 2.89. The normalized spacial score (nSPS) is 9.12. The summed E-state index contributed by atoms with van der Waals surface area (Å²) in [6.45, 7) is 0. The van der Waals surface area contributed by atoms with Gasteiger partial charge < -0.3 is 0 Å². The molecule has 1 rings (SSSR count). The molecule has 0 saturated heterocycles. The van der Waals surface area contributed by atoms with E-state index in [1.54, 1.807) is 18.5 Å². The summed E-state index contributed by atoms with van der Waals surface area (Å²) >= 11 is 0. The van der Waals surface area contributed by atoms with Crippen LogP contribution < -0.4 is 0 Å². The number of hydrogen-bond donors (Lipinski definition) is 0. The Morgan fingerprint density at radius 2 is 2.00 bits per heavy atom. The van der Waals surface area contributed by atoms with E-state index >= 15 is 0 Å². The third kappa shape index (κ3) is 1.35. The third-order valence-electron chi connectivity index (χ3n) is 0.611. The van der Waals surface area contributed by atoms with E-state index in [9.17, 15) is 0 Å². The van der Waals surface area contributed by atoms with E-state index in [1.165, 1.54) is 0 Å². The molecule has 0 fully saturated rings. The summed E-state index contributed by atoms with van der Waals surface area (Å²) in [6, 6.07) is 1.75. The Labute approximate surface area is 55.8 Å². The standard InChI is InChI=1S/C4H3ClN2S/c5-8-4-6-2-1-3-7-4/h1-3H. The van der Waals surface area contributed by atoms with Crippen molar-refractivity contribution in [3.05, 3.63) is 18.5 Å². The Balaban J connectivity index is 2.83. The predicted octanol–water partition coefficient (Wildman–Crippen LogP) is 1.72. The molecule has 42 valence electrons. The van der Waals surface area contributed by atoms with Crippen LogP contribution in [0.4, 0.5) is 0 Å². The van der Waals surface area contributed by atoms with Gasteiger partial charge in [0.05, 0.1) is 0 Å². The Hall–Kier alpha value is -0.280. The lowest BCUT2D eigenvalue weighted by molar-refractivity contribution is 0.973. The summed E-state index contributed by atoms with van der Waals surface area (Å²) in [6.07, 6.45) is 3.30. The van der Waals surface area contributed by atoms with Crippen molar-refractivity contribution in [2.75, 3.05) is 0 Å². The summed E-state index contributed by atoms with van der Waals surface area (Å²) in [4.78, 5) is 7.63. The van der Waals surface area contributed by atoms with Crippen LogP contribution in [0.25, 0.3) is 0 Å². The van der Waals surface area contributed by atoms with Crippen molar-refractivity contribution in [2.45, 2.75) is 5.16 Å². The molecule has 0 radical (unpaired) electrons. The maximum absolute atomic E-state index is 5.32. The summed E-state index contributed by atoms with van der Waals surface area (Å²) in [5.74, 6) is 0. The fourth-order valence-electron chi connectivity index (χ4n) is 0.325. The van der Waals surface area contributed by atoms with Gasteiger partial charge in [-0.05, 0) is 16.7 Å². The van der Waals surface area contributed by atoms with Crippen LogP contribution in [0.3, 0.4) is 0 Å². The fraction of sp³-hybridized carbons (Fsp3) is 0. The minimum Gasteiger partial charge on any atom is -0.230 e. The molecule has 0 aliphatic rings. The van der Waals surface area contributed by atoms with Gasteiger partial charge in [0.1, 0.15) is 0 Å². The Morgan fingerprint density at radius 1 is 1.38 bits per heavy atom. The second-order valence-corrected chi connectivity index (χ2v) is 2.09. The first-order valence-electron chi connectivity index (χ1n) is 1.99. The highest BCUT2D eigenvalue weighted by molar-refractivity contribution is 8.21. The van der Waals surface area contributed by atoms with Crippen molar-refractivity contribution >= 4 is 21.7 Å². The lowest BCUT2D eigenvalue weighted by atomic mass is 10.7. The molecule has 1 aromatic heterocycles. The molecule has 0 spiro atoms. The fourth-order valence-corrected chi connectivity index (χ4v) is 0.766. The van der Waals surface area contributed by atoms with Crippen molar-refractivity contribution < 1.29 is 0 Å². The Morgan fingerprint density at radius 3 is 2.38 bits per heavy atom. The van der Waals surface area contributed by atoms with Crippen molar-refractivity contribution in [1.29, 1.82) is 0 Å². The zero-order valence-electron chi connectivity index (χ0n) is 3.91. The van der Waals surface area contributed by atoms with Gasteiger partial charge in [-0.3, -0.25) is 0 Å². The molecule has 8 heavy (non-hydrogen) atoms. The highest BCUT2D eigenvalue weighted by Crippen LogP contribution is 2.14. The van der Waals surface area contributed by atoms with Gasteiger partial charge in [-0.15, -0.1) is 0 Å². The molecule has 0 aromatic carbocycles. The van der Waals surface area contributed by atoms with Gasteiger partial charge >= 0.3 is 0 Å². The lowest BCUT2D eigenvalue weighted by Crippen LogP contribution is -1.77. The molecule has 0 saturated carbocycles. The maximum atomic E-state index is 5.32. The van der Waals surface area contributed by atoms with Crippen molar-refractivity contribution in [3.8, 4) is 0 Å². The van der Waals surface area contributed by atoms with Gasteiger partial charge in [-0.25, -0.2) is 9.97 Å². The average molecular weight is 147 g/mol. The number of rotatable bonds is 1. The van der Waals surface area contributed by atoms with Crippen LogP contribution in [0.5, 0.6) is 0 Å². The molecule has 0 aliphatic heterocycles. The molecule has 0 aliphatic carbocycles. The summed E-state index contributed by atoms with van der Waals surface area (Å²) < 4.78 is 0. The van der Waals surface area contributed by atoms with E-state index in [2.05, 4.69) is 9.97 Å². The summed E-state index contributed by atoms with van der Waals surface area (Å²) in [5.41, 5.74) is 0. The molecule has 0 bridgehead atoms. The van der Waals surface area contributed by atoms with Gasteiger partial charge in [0.15, 0.2) is 0 Å². The smallest absolute Gasteiger partial charge is 0.203 e. The Kier molecular flexibility index (Phi) is 2.11. The lowest BCUT2D eigenvalue weighted by Gasteiger charge is -1.85. The maximum Gasteiger partial charge on any atom is 0.203 e. The zero-order valence-corrected chi connectivity index (χ0v) is 5.49. The van der Waals surface area contributed by atoms with Crippen molar-refractivity contribution in [3.63, 3.8) is 0 Å². The molecule has 1 heterocycles. The van der Waals surface area contributed by atoms with Crippen LogP contribution in [-0.2, 0) is 0 Å². The molecule has 0 unspecified atom stereocenters. The predicted molar refractivity (Wildman–Crippen MR) is 33.7 cm³/mol. The summed E-state index contributed by atoms with van der Waals surface area (Å²) in [7, 11) is 6.34. The van der Waals surface area contributed by atoms with Gasteiger partial charge in [0, 0.05) is 23.4 Å². The molecule has 4 heteroatoms. The minimum atomic E-state index is 0.592. The number of aromatic nitrogens is 2. The van der Waals surface area contributed by atoms with Gasteiger partial charge in [0.2, 0.25) is 5.16 Å². The quantitative estimate of drug-likeness (QED) is 0.565. The topological polar surface area (TPSA) is 25.8 Å². The summed E-state index contributed by atoms with van der Waals surface area (Å²) in [5, 5.41) is 0.592. The molecular formula is C4H3ClN2S. The first-order valence-corrected chi connectivity index (χ1v) is 3.63. The third-order valence-corrected chi connectivity index (χ3v) is 1.37. The van der Waals surface area contributed by atoms with E-state index in [4.69, 9.17) is 10.7 Å². The van der Waals surface area contributed by atoms with E-state index in [-0.39, 0.29) is 0 Å². The van der Waals surface area contributed by atoms with Gasteiger partial charge in [-0.2, -0.15) is 0 Å². The van der Waals surface area contributed by atoms with E-state index in [1.807, 2.05) is 0 Å². The van der Waals surface area contributed by atoms with E-state index in [0.29, 0.717) is 5.16 Å². The average Bonchev–Trinajstić information content (AvgIpc) is 1.90. The first kappa shape index (κ1) is 5.85. The van der Waals surface area contributed by atoms with Crippen molar-refractivity contribution in [2.24, 2.45) is 0 Å². The number of nitrogens with zero attached hydrogens (tertiary/aromatic N) is 2. The second-order valence-electron chi connectivity index (χ2n) is 1.11. The van der Waals surface area contributed by atoms with Crippen LogP contribution in [0.2, 0.25) is 0 Å². The van der Waals surface area contributed by atoms with Crippen LogP contribution in [0, 0.1) is 0 Å².